The summed E-state index contributed by atoms with van der Waals surface area (Å²) in [6.07, 6.45) is 3.00. The van der Waals surface area contributed by atoms with Crippen LogP contribution in [0, 0.1) is 0 Å². The van der Waals surface area contributed by atoms with E-state index in [0.717, 1.165) is 19.0 Å². The first-order chi connectivity index (χ1) is 14.6. The van der Waals surface area contributed by atoms with Crippen molar-refractivity contribution in [3.63, 3.8) is 0 Å². The van der Waals surface area contributed by atoms with Crippen molar-refractivity contribution < 1.29 is 9.90 Å². The van der Waals surface area contributed by atoms with Gasteiger partial charge in [-0.05, 0) is 42.0 Å². The molecule has 0 unspecified atom stereocenters. The fourth-order valence-electron chi connectivity index (χ4n) is 4.95. The van der Waals surface area contributed by atoms with E-state index in [2.05, 4.69) is 41.5 Å². The molecule has 5 rings (SSSR count). The third kappa shape index (κ3) is 2.75. The minimum Gasteiger partial charge on any atom is -0.502 e. The molecule has 6 nitrogen and oxygen atoms in total. The Balaban J connectivity index is 1.78. The number of hydrogen-bond acceptors (Lipinski definition) is 4. The van der Waals surface area contributed by atoms with Gasteiger partial charge >= 0.3 is 0 Å². The first kappa shape index (κ1) is 18.6. The van der Waals surface area contributed by atoms with Gasteiger partial charge in [0.2, 0.25) is 5.43 Å². The van der Waals surface area contributed by atoms with Gasteiger partial charge in [0.15, 0.2) is 11.4 Å². The lowest BCUT2D eigenvalue weighted by Crippen LogP contribution is -2.47. The maximum Gasteiger partial charge on any atom is 0.276 e. The average molecular weight is 401 g/mol. The van der Waals surface area contributed by atoms with Crippen LogP contribution in [0.3, 0.4) is 0 Å². The van der Waals surface area contributed by atoms with Crippen molar-refractivity contribution in [2.75, 3.05) is 13.1 Å². The van der Waals surface area contributed by atoms with E-state index in [1.54, 1.807) is 9.58 Å². The summed E-state index contributed by atoms with van der Waals surface area (Å²) in [5.74, 6) is -0.921. The molecule has 0 saturated carbocycles. The predicted octanol–water partition coefficient (Wildman–Crippen LogP) is 2.90. The lowest BCUT2D eigenvalue weighted by Gasteiger charge is -2.39. The summed E-state index contributed by atoms with van der Waals surface area (Å²) in [6.45, 7) is 2.87. The summed E-state index contributed by atoms with van der Waals surface area (Å²) in [6, 6.07) is 16.6. The van der Waals surface area contributed by atoms with E-state index in [0.29, 0.717) is 13.1 Å². The number of benzene rings is 2. The van der Waals surface area contributed by atoms with Gasteiger partial charge in [0.05, 0.1) is 12.2 Å². The molecule has 152 valence electrons. The molecule has 0 fully saturated rings. The van der Waals surface area contributed by atoms with Crippen molar-refractivity contribution in [1.29, 1.82) is 0 Å². The highest BCUT2D eigenvalue weighted by Crippen LogP contribution is 2.43. The van der Waals surface area contributed by atoms with Crippen molar-refractivity contribution in [3.8, 4) is 5.75 Å². The molecule has 1 aromatic heterocycles. The third-order valence-electron chi connectivity index (χ3n) is 6.41. The van der Waals surface area contributed by atoms with Gasteiger partial charge in [-0.1, -0.05) is 48.5 Å². The third-order valence-corrected chi connectivity index (χ3v) is 6.41. The highest BCUT2D eigenvalue weighted by Gasteiger charge is 2.40. The molecule has 1 atom stereocenters. The van der Waals surface area contributed by atoms with Crippen LogP contribution in [0.2, 0.25) is 0 Å². The van der Waals surface area contributed by atoms with E-state index in [1.165, 1.54) is 22.3 Å². The Bertz CT molecular complexity index is 1150. The van der Waals surface area contributed by atoms with E-state index < -0.39 is 11.2 Å². The Labute approximate surface area is 174 Å². The Morgan fingerprint density at radius 3 is 2.20 bits per heavy atom. The van der Waals surface area contributed by atoms with Gasteiger partial charge in [0, 0.05) is 19.0 Å². The van der Waals surface area contributed by atoms with E-state index >= 15 is 0 Å². The number of fused-ring (bicyclic) bond motifs is 3. The molecule has 0 bridgehead atoms. The lowest BCUT2D eigenvalue weighted by atomic mass is 9.81. The van der Waals surface area contributed by atoms with E-state index in [9.17, 15) is 14.7 Å². The average Bonchev–Trinajstić information content (AvgIpc) is 2.93. The highest BCUT2D eigenvalue weighted by atomic mass is 16.3. The van der Waals surface area contributed by atoms with Crippen molar-refractivity contribution in [2.24, 2.45) is 0 Å². The molecule has 2 heterocycles. The first-order valence-corrected chi connectivity index (χ1v) is 10.4. The van der Waals surface area contributed by atoms with E-state index in [1.807, 2.05) is 19.1 Å². The second-order valence-electron chi connectivity index (χ2n) is 7.94. The van der Waals surface area contributed by atoms with Crippen LogP contribution >= 0.6 is 0 Å². The van der Waals surface area contributed by atoms with Gasteiger partial charge in [-0.25, -0.2) is 0 Å². The molecule has 1 aliphatic carbocycles. The Hall–Kier alpha value is -3.41. The molecule has 0 saturated heterocycles. The number of hydrogen-bond donors (Lipinski definition) is 1. The van der Waals surface area contributed by atoms with Crippen LogP contribution in [0.15, 0.2) is 59.5 Å². The van der Waals surface area contributed by atoms with Gasteiger partial charge in [0.1, 0.15) is 0 Å². The second kappa shape index (κ2) is 7.13. The topological polar surface area (TPSA) is 75.4 Å². The zero-order valence-corrected chi connectivity index (χ0v) is 16.8. The number of nitrogens with zero attached hydrogens (tertiary/aromatic N) is 3. The van der Waals surface area contributed by atoms with Gasteiger partial charge in [-0.15, -0.1) is 0 Å². The standard InChI is InChI=1S/C24H23N3O3/c1-2-26-14-19(27-22(24(26)30)23(29)20(28)13-25-27)21-17-9-5-3-7-15(17)11-12-16-8-4-6-10-18(16)21/h3-10,13,19,21,29H,2,11-12,14H2,1H3/t19-/m1/s1. The summed E-state index contributed by atoms with van der Waals surface area (Å²) in [5, 5.41) is 14.8. The summed E-state index contributed by atoms with van der Waals surface area (Å²) in [7, 11) is 0. The Morgan fingerprint density at radius 2 is 1.60 bits per heavy atom. The molecule has 0 spiro atoms. The minimum absolute atomic E-state index is 0.0141. The summed E-state index contributed by atoms with van der Waals surface area (Å²) in [5.41, 5.74) is 4.34. The van der Waals surface area contributed by atoms with Crippen LogP contribution in [0.4, 0.5) is 0 Å². The molecule has 0 radical (unpaired) electrons. The number of carbonyl (C=O) groups excluding carboxylic acids is 1. The molecule has 1 aliphatic heterocycles. The van der Waals surface area contributed by atoms with Crippen molar-refractivity contribution in [1.82, 2.24) is 14.7 Å². The van der Waals surface area contributed by atoms with E-state index in [4.69, 9.17) is 0 Å². The summed E-state index contributed by atoms with van der Waals surface area (Å²) >= 11 is 0. The zero-order valence-electron chi connectivity index (χ0n) is 16.8. The number of aromatic nitrogens is 2. The number of aromatic hydroxyl groups is 1. The Morgan fingerprint density at radius 1 is 1.00 bits per heavy atom. The fraction of sp³-hybridized carbons (Fsp3) is 0.292. The van der Waals surface area contributed by atoms with Crippen LogP contribution in [0.1, 0.15) is 51.6 Å². The van der Waals surface area contributed by atoms with Gasteiger partial charge in [0.25, 0.3) is 5.91 Å². The molecule has 1 N–H and O–H groups in total. The minimum atomic E-state index is -0.632. The van der Waals surface area contributed by atoms with Crippen LogP contribution in [0.25, 0.3) is 0 Å². The molecule has 1 amide bonds. The number of amides is 1. The number of aryl methyl sites for hydroxylation is 2. The highest BCUT2D eigenvalue weighted by molar-refractivity contribution is 5.95. The number of carbonyl (C=O) groups is 1. The molecular weight excluding hydrogens is 378 g/mol. The van der Waals surface area contributed by atoms with Crippen LogP contribution in [0.5, 0.6) is 5.75 Å². The normalized spacial score (nSPS) is 18.4. The molecular formula is C24H23N3O3. The van der Waals surface area contributed by atoms with Gasteiger partial charge in [-0.3, -0.25) is 14.3 Å². The fourth-order valence-corrected chi connectivity index (χ4v) is 4.95. The van der Waals surface area contributed by atoms with Crippen molar-refractivity contribution in [2.45, 2.75) is 31.7 Å². The van der Waals surface area contributed by atoms with Crippen molar-refractivity contribution in [3.05, 3.63) is 92.9 Å². The SMILES string of the molecule is CCN1C[C@H](C2c3ccccc3CCc3ccccc32)n2ncc(=O)c(O)c2C1=O. The largest absolute Gasteiger partial charge is 0.502 e. The van der Waals surface area contributed by atoms with Crippen molar-refractivity contribution >= 4 is 5.91 Å². The molecule has 30 heavy (non-hydrogen) atoms. The monoisotopic (exact) mass is 401 g/mol. The van der Waals surface area contributed by atoms with E-state index in [-0.39, 0.29) is 23.6 Å². The molecule has 6 heteroatoms. The van der Waals surface area contributed by atoms with Gasteiger partial charge in [-0.2, -0.15) is 5.10 Å². The first-order valence-electron chi connectivity index (χ1n) is 10.4. The molecule has 2 aromatic carbocycles. The van der Waals surface area contributed by atoms with Crippen LogP contribution < -0.4 is 5.43 Å². The Kier molecular flexibility index (Phi) is 4.42. The summed E-state index contributed by atoms with van der Waals surface area (Å²) < 4.78 is 1.58. The van der Waals surface area contributed by atoms with Gasteiger partial charge < -0.3 is 10.0 Å². The second-order valence-corrected chi connectivity index (χ2v) is 7.94. The quantitative estimate of drug-likeness (QED) is 0.717. The maximum atomic E-state index is 13.0. The molecule has 3 aromatic rings. The number of likely N-dealkylation sites (N-methyl/N-ethyl adjacent to an activating group) is 1. The maximum absolute atomic E-state index is 13.0. The van der Waals surface area contributed by atoms with Crippen LogP contribution in [-0.4, -0.2) is 38.8 Å². The summed E-state index contributed by atoms with van der Waals surface area (Å²) in [4.78, 5) is 26.7. The number of rotatable bonds is 2. The lowest BCUT2D eigenvalue weighted by molar-refractivity contribution is 0.0646. The predicted molar refractivity (Wildman–Crippen MR) is 113 cm³/mol. The zero-order chi connectivity index (χ0) is 20.8. The smallest absolute Gasteiger partial charge is 0.276 e. The van der Waals surface area contributed by atoms with Crippen LogP contribution in [-0.2, 0) is 12.8 Å². The molecule has 2 aliphatic rings.